The lowest BCUT2D eigenvalue weighted by Gasteiger charge is -2.30. The quantitative estimate of drug-likeness (QED) is 0.730. The van der Waals surface area contributed by atoms with Gasteiger partial charge in [-0.3, -0.25) is 9.10 Å². The summed E-state index contributed by atoms with van der Waals surface area (Å²) < 4.78 is 31.8. The maximum Gasteiger partial charge on any atom is 0.248 e. The molecule has 1 atom stereocenters. The van der Waals surface area contributed by atoms with Crippen molar-refractivity contribution in [1.82, 2.24) is 0 Å². The molecule has 2 rings (SSSR count). The van der Waals surface area contributed by atoms with Crippen LogP contribution in [-0.2, 0) is 14.8 Å². The average molecular weight is 419 g/mol. The monoisotopic (exact) mass is 418 g/mol. The zero-order valence-corrected chi connectivity index (χ0v) is 18.9. The summed E-state index contributed by atoms with van der Waals surface area (Å²) in [5.41, 5.74) is 3.86. The zero-order valence-electron chi connectivity index (χ0n) is 18.1. The number of nitrogens with one attached hydrogen (secondary N) is 1. The lowest BCUT2D eigenvalue weighted by atomic mass is 9.98. The molecule has 7 heteroatoms. The van der Waals surface area contributed by atoms with Gasteiger partial charge in [-0.25, -0.2) is 8.42 Å². The van der Waals surface area contributed by atoms with Gasteiger partial charge in [0.25, 0.3) is 0 Å². The van der Waals surface area contributed by atoms with Crippen LogP contribution in [0.25, 0.3) is 0 Å². The van der Waals surface area contributed by atoms with Crippen molar-refractivity contribution < 1.29 is 17.9 Å². The van der Waals surface area contributed by atoms with Crippen molar-refractivity contribution in [2.75, 3.05) is 23.0 Å². The highest BCUT2D eigenvalue weighted by atomic mass is 32.2. The van der Waals surface area contributed by atoms with Crippen LogP contribution in [0.3, 0.4) is 0 Å². The molecule has 0 fully saturated rings. The number of hydrogen-bond donors (Lipinski definition) is 1. The van der Waals surface area contributed by atoms with Crippen molar-refractivity contribution in [3.8, 4) is 5.75 Å². The third kappa shape index (κ3) is 5.09. The normalized spacial score (nSPS) is 12.6. The Kier molecular flexibility index (Phi) is 6.95. The molecule has 158 valence electrons. The molecule has 0 saturated carbocycles. The standard InChI is InChI=1S/C22H30N2O4S/c1-14(2)18-10-8-9-16(4)21(18)23-22(25)17(5)24(29(7,26)27)19-13-15(3)11-12-20(19)28-6/h8-14,17H,1-7H3,(H,23,25). The number of rotatable bonds is 7. The molecule has 0 aliphatic rings. The highest BCUT2D eigenvalue weighted by Crippen LogP contribution is 2.33. The molecule has 0 radical (unpaired) electrons. The predicted molar refractivity (Wildman–Crippen MR) is 118 cm³/mol. The second-order valence-corrected chi connectivity index (χ2v) is 9.45. The molecule has 1 unspecified atom stereocenters. The molecule has 2 aromatic carbocycles. The first-order valence-corrected chi connectivity index (χ1v) is 11.4. The maximum absolute atomic E-state index is 13.1. The van der Waals surface area contributed by atoms with Gasteiger partial charge in [-0.1, -0.05) is 38.1 Å². The fourth-order valence-corrected chi connectivity index (χ4v) is 4.49. The van der Waals surface area contributed by atoms with Crippen molar-refractivity contribution in [2.45, 2.75) is 46.6 Å². The van der Waals surface area contributed by atoms with Crippen LogP contribution in [0.15, 0.2) is 36.4 Å². The van der Waals surface area contributed by atoms with Crippen LogP contribution in [0.2, 0.25) is 0 Å². The van der Waals surface area contributed by atoms with Gasteiger partial charge < -0.3 is 10.1 Å². The Hall–Kier alpha value is -2.54. The van der Waals surface area contributed by atoms with Crippen LogP contribution < -0.4 is 14.4 Å². The number of methoxy groups -OCH3 is 1. The Balaban J connectivity index is 2.49. The smallest absolute Gasteiger partial charge is 0.248 e. The molecule has 1 amide bonds. The number of para-hydroxylation sites is 1. The molecule has 0 aliphatic heterocycles. The number of benzene rings is 2. The Morgan fingerprint density at radius 3 is 2.31 bits per heavy atom. The summed E-state index contributed by atoms with van der Waals surface area (Å²) in [6.07, 6.45) is 1.09. The van der Waals surface area contributed by atoms with Gasteiger partial charge in [-0.05, 0) is 55.5 Å². The second kappa shape index (κ2) is 8.86. The number of carbonyl (C=O) groups excluding carboxylic acids is 1. The molecule has 6 nitrogen and oxygen atoms in total. The van der Waals surface area contributed by atoms with E-state index in [9.17, 15) is 13.2 Å². The van der Waals surface area contributed by atoms with Gasteiger partial charge in [0, 0.05) is 5.69 Å². The number of carbonyl (C=O) groups is 1. The van der Waals surface area contributed by atoms with Gasteiger partial charge in [0.1, 0.15) is 11.8 Å². The summed E-state index contributed by atoms with van der Waals surface area (Å²) in [5, 5.41) is 2.95. The number of sulfonamides is 1. The minimum absolute atomic E-state index is 0.211. The van der Waals surface area contributed by atoms with E-state index in [4.69, 9.17) is 4.74 Å². The Labute approximate surface area is 173 Å². The van der Waals surface area contributed by atoms with Crippen LogP contribution in [-0.4, -0.2) is 33.7 Å². The van der Waals surface area contributed by atoms with Gasteiger partial charge >= 0.3 is 0 Å². The van der Waals surface area contributed by atoms with Crippen LogP contribution >= 0.6 is 0 Å². The molecular weight excluding hydrogens is 388 g/mol. The third-order valence-corrected chi connectivity index (χ3v) is 6.06. The maximum atomic E-state index is 13.1. The lowest BCUT2D eigenvalue weighted by molar-refractivity contribution is -0.116. The van der Waals surface area contributed by atoms with Gasteiger partial charge in [-0.2, -0.15) is 0 Å². The van der Waals surface area contributed by atoms with E-state index in [1.165, 1.54) is 7.11 Å². The number of ether oxygens (including phenoxy) is 1. The Morgan fingerprint density at radius 1 is 1.10 bits per heavy atom. The van der Waals surface area contributed by atoms with Gasteiger partial charge in [0.2, 0.25) is 15.9 Å². The minimum atomic E-state index is -3.75. The molecule has 0 saturated heterocycles. The van der Waals surface area contributed by atoms with E-state index >= 15 is 0 Å². The van der Waals surface area contributed by atoms with Crippen LogP contribution in [0.5, 0.6) is 5.75 Å². The molecule has 29 heavy (non-hydrogen) atoms. The first-order valence-electron chi connectivity index (χ1n) is 9.51. The zero-order chi connectivity index (χ0) is 21.9. The van der Waals surface area contributed by atoms with E-state index in [1.807, 2.05) is 52.0 Å². The first-order chi connectivity index (χ1) is 13.5. The SMILES string of the molecule is COc1ccc(C)cc1N(C(C)C(=O)Nc1c(C)cccc1C(C)C)S(C)(=O)=O. The Morgan fingerprint density at radius 2 is 1.76 bits per heavy atom. The van der Waals surface area contributed by atoms with Crippen molar-refractivity contribution in [1.29, 1.82) is 0 Å². The van der Waals surface area contributed by atoms with E-state index < -0.39 is 22.0 Å². The number of amides is 1. The van der Waals surface area contributed by atoms with Crippen molar-refractivity contribution >= 4 is 27.3 Å². The van der Waals surface area contributed by atoms with Crippen molar-refractivity contribution in [2.24, 2.45) is 0 Å². The summed E-state index contributed by atoms with van der Waals surface area (Å²) >= 11 is 0. The van der Waals surface area contributed by atoms with Gasteiger partial charge in [0.15, 0.2) is 0 Å². The van der Waals surface area contributed by atoms with E-state index in [-0.39, 0.29) is 5.92 Å². The van der Waals surface area contributed by atoms with Crippen molar-refractivity contribution in [3.05, 3.63) is 53.1 Å². The largest absolute Gasteiger partial charge is 0.495 e. The highest BCUT2D eigenvalue weighted by Gasteiger charge is 2.32. The average Bonchev–Trinajstić information content (AvgIpc) is 2.62. The van der Waals surface area contributed by atoms with E-state index in [2.05, 4.69) is 5.32 Å². The molecule has 0 aliphatic carbocycles. The Bertz CT molecular complexity index is 1000. The number of aryl methyl sites for hydroxylation is 2. The lowest BCUT2D eigenvalue weighted by Crippen LogP contribution is -2.45. The summed E-state index contributed by atoms with van der Waals surface area (Å²) in [7, 11) is -2.27. The van der Waals surface area contributed by atoms with Crippen LogP contribution in [0, 0.1) is 13.8 Å². The van der Waals surface area contributed by atoms with Gasteiger partial charge in [0.05, 0.1) is 19.1 Å². The molecule has 0 heterocycles. The molecule has 0 aromatic heterocycles. The molecule has 0 bridgehead atoms. The number of anilines is 2. The summed E-state index contributed by atoms with van der Waals surface area (Å²) in [6, 6.07) is 10.1. The van der Waals surface area contributed by atoms with E-state index in [0.29, 0.717) is 11.4 Å². The predicted octanol–water partition coefficient (Wildman–Crippen LogP) is 4.23. The van der Waals surface area contributed by atoms with Gasteiger partial charge in [-0.15, -0.1) is 0 Å². The molecular formula is C22H30N2O4S. The number of nitrogens with zero attached hydrogens (tertiary/aromatic N) is 1. The van der Waals surface area contributed by atoms with Crippen LogP contribution in [0.4, 0.5) is 11.4 Å². The van der Waals surface area contributed by atoms with E-state index in [0.717, 1.165) is 32.9 Å². The van der Waals surface area contributed by atoms with Crippen molar-refractivity contribution in [3.63, 3.8) is 0 Å². The summed E-state index contributed by atoms with van der Waals surface area (Å²) in [5.74, 6) is 0.193. The molecule has 0 spiro atoms. The topological polar surface area (TPSA) is 75.7 Å². The number of hydrogen-bond acceptors (Lipinski definition) is 4. The van der Waals surface area contributed by atoms with Crippen LogP contribution in [0.1, 0.15) is 43.4 Å². The minimum Gasteiger partial charge on any atom is -0.495 e. The second-order valence-electron chi connectivity index (χ2n) is 7.59. The first kappa shape index (κ1) is 22.7. The summed E-state index contributed by atoms with van der Waals surface area (Å²) in [6.45, 7) is 9.45. The fourth-order valence-electron chi connectivity index (χ4n) is 3.32. The summed E-state index contributed by atoms with van der Waals surface area (Å²) in [4.78, 5) is 13.1. The fraction of sp³-hybridized carbons (Fsp3) is 0.409. The molecule has 1 N–H and O–H groups in total. The highest BCUT2D eigenvalue weighted by molar-refractivity contribution is 7.92. The van der Waals surface area contributed by atoms with E-state index in [1.54, 1.807) is 19.1 Å². The molecule has 2 aromatic rings. The third-order valence-electron chi connectivity index (χ3n) is 4.84.